The number of amides is 2. The number of piperazine rings is 1. The molecule has 5 rings (SSSR count). The summed E-state index contributed by atoms with van der Waals surface area (Å²) < 4.78 is 0. The minimum Gasteiger partial charge on any atom is -0.595 e. The zero-order valence-electron chi connectivity index (χ0n) is 17.3. The number of H-pyrrole nitrogens is 1. The van der Waals surface area contributed by atoms with Gasteiger partial charge in [-0.25, -0.2) is 5.21 Å². The van der Waals surface area contributed by atoms with Crippen molar-refractivity contribution in [1.82, 2.24) is 14.8 Å². The number of nitrogens with one attached hydrogen (secondary N) is 2. The number of rotatable bonds is 5. The monoisotopic (exact) mass is 436 g/mol. The van der Waals surface area contributed by atoms with Crippen molar-refractivity contribution in [3.8, 4) is 0 Å². The van der Waals surface area contributed by atoms with Crippen LogP contribution in [0.4, 0.5) is 5.69 Å². The number of hydrogen-bond acceptors (Lipinski definition) is 5. The molecule has 0 aliphatic carbocycles. The number of aromatic nitrogens is 1. The number of hydrogen-bond donors (Lipinski definition) is 4. The Labute approximate surface area is 184 Å². The highest BCUT2D eigenvalue weighted by Gasteiger charge is 2.48. The maximum atomic E-state index is 13.4. The predicted molar refractivity (Wildman–Crippen MR) is 115 cm³/mol. The summed E-state index contributed by atoms with van der Waals surface area (Å²) in [7, 11) is 0. The number of carbonyl (C=O) groups is 2. The molecule has 9 heteroatoms. The van der Waals surface area contributed by atoms with Crippen LogP contribution in [0.5, 0.6) is 0 Å². The first kappa shape index (κ1) is 20.7. The standard InChI is InChI=1S/C23H24N4O5/c28-10-4-9-25-13-20(29)26-19(23(25)30)12-17-16-7-1-2-8-18(16)24-21(17)22(26)14-5-3-6-15(11-14)27(31)32/h1-3,5-8,11,19,22,24,27-28,31H,4,9-10,12-13H2/t19-,22?/m0/s1. The van der Waals surface area contributed by atoms with Crippen molar-refractivity contribution < 1.29 is 25.1 Å². The van der Waals surface area contributed by atoms with Gasteiger partial charge < -0.3 is 25.1 Å². The van der Waals surface area contributed by atoms with Crippen LogP contribution >= 0.6 is 0 Å². The molecule has 9 nitrogen and oxygen atoms in total. The fraction of sp³-hybridized carbons (Fsp3) is 0.304. The molecular formula is C23H24N4O5. The number of fused-ring (bicyclic) bond motifs is 4. The molecule has 0 saturated carbocycles. The summed E-state index contributed by atoms with van der Waals surface area (Å²) in [5.41, 5.74) is 3.47. The molecule has 4 N–H and O–H groups in total. The highest BCUT2D eigenvalue weighted by atomic mass is 16.8. The van der Waals surface area contributed by atoms with E-state index in [1.54, 1.807) is 23.1 Å². The fourth-order valence-electron chi connectivity index (χ4n) is 4.96. The number of aliphatic hydroxyl groups excluding tert-OH is 1. The van der Waals surface area contributed by atoms with Gasteiger partial charge >= 0.3 is 0 Å². The SMILES string of the molecule is O=C1[C@@H]2Cc3c([nH]c4ccccc34)C(c3cccc([NH+]([O-])O)c3)N2C(=O)CN1CCCO. The van der Waals surface area contributed by atoms with Crippen molar-refractivity contribution in [1.29, 1.82) is 0 Å². The van der Waals surface area contributed by atoms with Gasteiger partial charge in [0.15, 0.2) is 5.69 Å². The summed E-state index contributed by atoms with van der Waals surface area (Å²) in [6.07, 6.45) is 0.794. The highest BCUT2D eigenvalue weighted by molar-refractivity contribution is 5.97. The van der Waals surface area contributed by atoms with Crippen molar-refractivity contribution in [2.45, 2.75) is 24.9 Å². The van der Waals surface area contributed by atoms with Gasteiger partial charge in [0, 0.05) is 48.3 Å². The van der Waals surface area contributed by atoms with Crippen LogP contribution in [0.15, 0.2) is 48.5 Å². The Kier molecular flexibility index (Phi) is 5.18. The summed E-state index contributed by atoms with van der Waals surface area (Å²) in [6.45, 7) is 0.217. The number of nitrogens with zero attached hydrogens (tertiary/aromatic N) is 2. The molecule has 3 atom stereocenters. The molecule has 32 heavy (non-hydrogen) atoms. The molecule has 2 unspecified atom stereocenters. The van der Waals surface area contributed by atoms with Crippen LogP contribution < -0.4 is 5.23 Å². The maximum Gasteiger partial charge on any atom is 0.246 e. The molecular weight excluding hydrogens is 412 g/mol. The first-order valence-corrected chi connectivity index (χ1v) is 10.6. The molecule has 1 aromatic heterocycles. The van der Waals surface area contributed by atoms with Gasteiger partial charge in [-0.1, -0.05) is 30.3 Å². The third-order valence-electron chi connectivity index (χ3n) is 6.38. The first-order chi connectivity index (χ1) is 15.5. The lowest BCUT2D eigenvalue weighted by Crippen LogP contribution is -2.99. The van der Waals surface area contributed by atoms with Crippen LogP contribution in [0.1, 0.15) is 29.3 Å². The van der Waals surface area contributed by atoms with Crippen LogP contribution in [-0.4, -0.2) is 62.7 Å². The van der Waals surface area contributed by atoms with Gasteiger partial charge in [-0.2, -0.15) is 5.23 Å². The molecule has 2 aromatic carbocycles. The van der Waals surface area contributed by atoms with E-state index >= 15 is 0 Å². The molecule has 3 heterocycles. The third-order valence-corrected chi connectivity index (χ3v) is 6.38. The van der Waals surface area contributed by atoms with E-state index in [1.165, 1.54) is 11.0 Å². The van der Waals surface area contributed by atoms with Crippen molar-refractivity contribution >= 4 is 28.4 Å². The number of quaternary nitrogens is 1. The van der Waals surface area contributed by atoms with Crippen LogP contribution in [-0.2, 0) is 16.0 Å². The minimum atomic E-state index is -1.05. The van der Waals surface area contributed by atoms with E-state index in [2.05, 4.69) is 4.98 Å². The molecule has 1 saturated heterocycles. The second kappa shape index (κ2) is 8.03. The lowest BCUT2D eigenvalue weighted by Gasteiger charge is -2.47. The molecule has 1 fully saturated rings. The number of carbonyl (C=O) groups excluding carboxylic acids is 2. The lowest BCUT2D eigenvalue weighted by molar-refractivity contribution is -0.991. The second-order valence-corrected chi connectivity index (χ2v) is 8.25. The van der Waals surface area contributed by atoms with Gasteiger partial charge in [-0.15, -0.1) is 0 Å². The second-order valence-electron chi connectivity index (χ2n) is 8.25. The molecule has 2 aliphatic rings. The highest BCUT2D eigenvalue weighted by Crippen LogP contribution is 2.42. The van der Waals surface area contributed by atoms with Gasteiger partial charge in [-0.05, 0) is 23.6 Å². The topological polar surface area (TPSA) is 124 Å². The Balaban J connectivity index is 1.67. The summed E-state index contributed by atoms with van der Waals surface area (Å²) in [6, 6.07) is 13.1. The maximum absolute atomic E-state index is 13.4. The Morgan fingerprint density at radius 3 is 2.75 bits per heavy atom. The molecule has 3 aromatic rings. The number of benzene rings is 2. The van der Waals surface area contributed by atoms with E-state index in [0.717, 1.165) is 22.2 Å². The molecule has 0 radical (unpaired) electrons. The smallest absolute Gasteiger partial charge is 0.246 e. The van der Waals surface area contributed by atoms with Crippen LogP contribution in [0.2, 0.25) is 0 Å². The summed E-state index contributed by atoms with van der Waals surface area (Å²) in [5, 5.41) is 30.2. The molecule has 0 spiro atoms. The quantitative estimate of drug-likeness (QED) is 0.437. The Morgan fingerprint density at radius 2 is 1.97 bits per heavy atom. The zero-order valence-corrected chi connectivity index (χ0v) is 17.3. The summed E-state index contributed by atoms with van der Waals surface area (Å²) >= 11 is 0. The summed E-state index contributed by atoms with van der Waals surface area (Å²) in [4.78, 5) is 33.2. The van der Waals surface area contributed by atoms with Crippen molar-refractivity contribution in [2.24, 2.45) is 0 Å². The lowest BCUT2D eigenvalue weighted by atomic mass is 9.86. The predicted octanol–water partition coefficient (Wildman–Crippen LogP) is 0.639. The van der Waals surface area contributed by atoms with E-state index in [-0.39, 0.29) is 30.7 Å². The van der Waals surface area contributed by atoms with Gasteiger partial charge in [0.2, 0.25) is 11.8 Å². The van der Waals surface area contributed by atoms with Crippen LogP contribution in [0.25, 0.3) is 10.9 Å². The van der Waals surface area contributed by atoms with E-state index in [0.29, 0.717) is 24.9 Å². The Bertz CT molecular complexity index is 1190. The number of para-hydroxylation sites is 1. The minimum absolute atomic E-state index is 0.0520. The number of aromatic amines is 1. The fourth-order valence-corrected chi connectivity index (χ4v) is 4.96. The first-order valence-electron chi connectivity index (χ1n) is 10.6. The third kappa shape index (κ3) is 3.26. The average molecular weight is 436 g/mol. The van der Waals surface area contributed by atoms with Crippen LogP contribution in [0, 0.1) is 5.21 Å². The Morgan fingerprint density at radius 1 is 1.16 bits per heavy atom. The van der Waals surface area contributed by atoms with Crippen LogP contribution in [0.3, 0.4) is 0 Å². The Hall–Kier alpha value is -3.24. The van der Waals surface area contributed by atoms with Gasteiger partial charge in [0.05, 0.1) is 12.6 Å². The van der Waals surface area contributed by atoms with E-state index in [9.17, 15) is 25.1 Å². The van der Waals surface area contributed by atoms with Gasteiger partial charge in [-0.3, -0.25) is 9.59 Å². The largest absolute Gasteiger partial charge is 0.595 e. The van der Waals surface area contributed by atoms with E-state index < -0.39 is 17.3 Å². The molecule has 0 bridgehead atoms. The number of aliphatic hydroxyl groups is 1. The van der Waals surface area contributed by atoms with Crippen molar-refractivity contribution in [3.05, 3.63) is 70.6 Å². The van der Waals surface area contributed by atoms with Crippen molar-refractivity contribution in [2.75, 3.05) is 19.7 Å². The molecule has 2 amide bonds. The summed E-state index contributed by atoms with van der Waals surface area (Å²) in [5.74, 6) is -0.337. The normalized spacial score (nSPS) is 21.6. The van der Waals surface area contributed by atoms with Gasteiger partial charge in [0.25, 0.3) is 0 Å². The average Bonchev–Trinajstić information content (AvgIpc) is 3.17. The van der Waals surface area contributed by atoms with E-state index in [4.69, 9.17) is 0 Å². The molecule has 2 aliphatic heterocycles. The molecule has 166 valence electrons. The zero-order chi connectivity index (χ0) is 22.4. The van der Waals surface area contributed by atoms with Crippen molar-refractivity contribution in [3.63, 3.8) is 0 Å². The van der Waals surface area contributed by atoms with E-state index in [1.807, 2.05) is 24.3 Å². The van der Waals surface area contributed by atoms with Gasteiger partial charge in [0.1, 0.15) is 6.04 Å².